The molecule has 104 valence electrons. The number of nitrogens with zero attached hydrogens (tertiary/aromatic N) is 3. The minimum atomic E-state index is -0.967. The number of carboxylic acids is 1. The summed E-state index contributed by atoms with van der Waals surface area (Å²) in [4.78, 5) is 17.8. The summed E-state index contributed by atoms with van der Waals surface area (Å²) in [5.41, 5.74) is 1.95. The molecule has 2 aromatic heterocycles. The van der Waals surface area contributed by atoms with Crippen LogP contribution in [0.4, 0.5) is 0 Å². The lowest BCUT2D eigenvalue weighted by Crippen LogP contribution is -2.24. The molecule has 1 atom stereocenters. The quantitative estimate of drug-likeness (QED) is 0.887. The summed E-state index contributed by atoms with van der Waals surface area (Å²) >= 11 is 0. The van der Waals surface area contributed by atoms with E-state index in [1.54, 1.807) is 12.4 Å². The Hall–Kier alpha value is -2.21. The van der Waals surface area contributed by atoms with Gasteiger partial charge >= 0.3 is 5.97 Å². The molecule has 6 heteroatoms. The molecule has 0 bridgehead atoms. The standard InChI is InChI=1S/C14H16N4O2/c19-14(20)13-10(8-16-17-13)9-18-7-3-5-12(18)11-4-1-2-6-15-11/h1-2,4,6,8,12H,3,5,7,9H2,(H,16,17)(H,19,20)/t12-/m0/s1. The van der Waals surface area contributed by atoms with Gasteiger partial charge in [0.2, 0.25) is 0 Å². The van der Waals surface area contributed by atoms with E-state index in [2.05, 4.69) is 20.1 Å². The monoisotopic (exact) mass is 272 g/mol. The summed E-state index contributed by atoms with van der Waals surface area (Å²) in [6.07, 6.45) is 5.54. The van der Waals surface area contributed by atoms with Crippen molar-refractivity contribution in [2.75, 3.05) is 6.54 Å². The number of hydrogen-bond donors (Lipinski definition) is 2. The summed E-state index contributed by atoms with van der Waals surface area (Å²) in [6, 6.07) is 6.17. The highest BCUT2D eigenvalue weighted by molar-refractivity contribution is 5.86. The predicted octanol–water partition coefficient (Wildman–Crippen LogP) is 1.84. The SMILES string of the molecule is O=C(O)c1[nH]ncc1CN1CCC[C@H]1c1ccccn1. The molecule has 0 amide bonds. The van der Waals surface area contributed by atoms with Crippen LogP contribution in [0, 0.1) is 0 Å². The Labute approximate surface area is 116 Å². The molecule has 20 heavy (non-hydrogen) atoms. The van der Waals surface area contributed by atoms with Gasteiger partial charge in [-0.2, -0.15) is 5.10 Å². The van der Waals surface area contributed by atoms with Crippen LogP contribution >= 0.6 is 0 Å². The fourth-order valence-electron chi connectivity index (χ4n) is 2.76. The van der Waals surface area contributed by atoms with E-state index in [1.165, 1.54) is 0 Å². The summed E-state index contributed by atoms with van der Waals surface area (Å²) in [6.45, 7) is 1.53. The van der Waals surface area contributed by atoms with Crippen molar-refractivity contribution in [3.05, 3.63) is 47.5 Å². The summed E-state index contributed by atoms with van der Waals surface area (Å²) in [5.74, 6) is -0.967. The topological polar surface area (TPSA) is 82.1 Å². The molecule has 0 aliphatic carbocycles. The van der Waals surface area contributed by atoms with E-state index >= 15 is 0 Å². The second-order valence-corrected chi connectivity index (χ2v) is 4.96. The normalized spacial score (nSPS) is 19.3. The van der Waals surface area contributed by atoms with Gasteiger partial charge in [0.25, 0.3) is 0 Å². The van der Waals surface area contributed by atoms with Gasteiger partial charge in [-0.15, -0.1) is 0 Å². The van der Waals surface area contributed by atoms with E-state index < -0.39 is 5.97 Å². The third-order valence-electron chi connectivity index (χ3n) is 3.70. The first-order valence-corrected chi connectivity index (χ1v) is 6.66. The third-order valence-corrected chi connectivity index (χ3v) is 3.70. The van der Waals surface area contributed by atoms with E-state index in [-0.39, 0.29) is 11.7 Å². The summed E-state index contributed by atoms with van der Waals surface area (Å²) in [5, 5.41) is 15.5. The van der Waals surface area contributed by atoms with Crippen LogP contribution in [0.15, 0.2) is 30.6 Å². The molecule has 0 unspecified atom stereocenters. The molecule has 1 aliphatic heterocycles. The number of H-pyrrole nitrogens is 1. The molecule has 2 aromatic rings. The first-order valence-electron chi connectivity index (χ1n) is 6.66. The lowest BCUT2D eigenvalue weighted by atomic mass is 10.1. The number of likely N-dealkylation sites (tertiary alicyclic amines) is 1. The number of aromatic carboxylic acids is 1. The van der Waals surface area contributed by atoms with Crippen LogP contribution in [0.1, 0.15) is 40.6 Å². The number of carbonyl (C=O) groups is 1. The number of aromatic amines is 1. The second kappa shape index (κ2) is 5.42. The second-order valence-electron chi connectivity index (χ2n) is 4.96. The highest BCUT2D eigenvalue weighted by Gasteiger charge is 2.28. The van der Waals surface area contributed by atoms with Gasteiger partial charge in [0.05, 0.1) is 17.9 Å². The van der Waals surface area contributed by atoms with Gasteiger partial charge in [-0.05, 0) is 31.5 Å². The van der Waals surface area contributed by atoms with E-state index in [1.807, 2.05) is 18.2 Å². The third kappa shape index (κ3) is 2.42. The maximum atomic E-state index is 11.1. The average Bonchev–Trinajstić information content (AvgIpc) is 3.09. The van der Waals surface area contributed by atoms with E-state index in [4.69, 9.17) is 5.11 Å². The van der Waals surface area contributed by atoms with Crippen molar-refractivity contribution in [3.63, 3.8) is 0 Å². The van der Waals surface area contributed by atoms with Crippen molar-refractivity contribution in [1.82, 2.24) is 20.1 Å². The lowest BCUT2D eigenvalue weighted by Gasteiger charge is -2.23. The van der Waals surface area contributed by atoms with Crippen molar-refractivity contribution in [3.8, 4) is 0 Å². The molecule has 0 radical (unpaired) electrons. The molecule has 0 aromatic carbocycles. The highest BCUT2D eigenvalue weighted by atomic mass is 16.4. The molecule has 0 spiro atoms. The molecule has 1 saturated heterocycles. The van der Waals surface area contributed by atoms with Crippen molar-refractivity contribution in [2.24, 2.45) is 0 Å². The Morgan fingerprint density at radius 3 is 3.15 bits per heavy atom. The Balaban J connectivity index is 1.80. The van der Waals surface area contributed by atoms with Crippen LogP contribution < -0.4 is 0 Å². The van der Waals surface area contributed by atoms with Gasteiger partial charge < -0.3 is 5.11 Å². The largest absolute Gasteiger partial charge is 0.477 e. The van der Waals surface area contributed by atoms with Crippen LogP contribution in [0.25, 0.3) is 0 Å². The molecule has 3 heterocycles. The Bertz CT molecular complexity index is 596. The lowest BCUT2D eigenvalue weighted by molar-refractivity contribution is 0.0687. The number of aromatic nitrogens is 3. The van der Waals surface area contributed by atoms with Crippen molar-refractivity contribution >= 4 is 5.97 Å². The molecule has 1 fully saturated rings. The van der Waals surface area contributed by atoms with Gasteiger partial charge in [0, 0.05) is 18.3 Å². The molecule has 0 saturated carbocycles. The van der Waals surface area contributed by atoms with Crippen LogP contribution in [0.5, 0.6) is 0 Å². The zero-order valence-corrected chi connectivity index (χ0v) is 11.0. The molecular weight excluding hydrogens is 256 g/mol. The number of carboxylic acid groups (broad SMARTS) is 1. The van der Waals surface area contributed by atoms with Crippen molar-refractivity contribution in [2.45, 2.75) is 25.4 Å². The van der Waals surface area contributed by atoms with E-state index in [0.717, 1.165) is 30.6 Å². The Morgan fingerprint density at radius 1 is 1.50 bits per heavy atom. The molecule has 3 rings (SSSR count). The fourth-order valence-corrected chi connectivity index (χ4v) is 2.76. The summed E-state index contributed by atoms with van der Waals surface area (Å²) in [7, 11) is 0. The van der Waals surface area contributed by atoms with Gasteiger partial charge in [-0.25, -0.2) is 4.79 Å². The summed E-state index contributed by atoms with van der Waals surface area (Å²) < 4.78 is 0. The van der Waals surface area contributed by atoms with Crippen molar-refractivity contribution in [1.29, 1.82) is 0 Å². The maximum Gasteiger partial charge on any atom is 0.354 e. The Morgan fingerprint density at radius 2 is 2.40 bits per heavy atom. The minimum Gasteiger partial charge on any atom is -0.477 e. The van der Waals surface area contributed by atoms with Crippen molar-refractivity contribution < 1.29 is 9.90 Å². The molecule has 6 nitrogen and oxygen atoms in total. The zero-order valence-electron chi connectivity index (χ0n) is 11.0. The molecular formula is C14H16N4O2. The number of rotatable bonds is 4. The number of hydrogen-bond acceptors (Lipinski definition) is 4. The van der Waals surface area contributed by atoms with E-state index in [9.17, 15) is 4.79 Å². The van der Waals surface area contributed by atoms with Gasteiger partial charge in [-0.1, -0.05) is 6.07 Å². The molecule has 2 N–H and O–H groups in total. The van der Waals surface area contributed by atoms with Crippen LogP contribution in [-0.2, 0) is 6.54 Å². The van der Waals surface area contributed by atoms with Gasteiger partial charge in [-0.3, -0.25) is 15.0 Å². The van der Waals surface area contributed by atoms with Gasteiger partial charge in [0.1, 0.15) is 5.69 Å². The number of nitrogens with one attached hydrogen (secondary N) is 1. The zero-order chi connectivity index (χ0) is 13.9. The number of pyridine rings is 1. The minimum absolute atomic E-state index is 0.177. The maximum absolute atomic E-state index is 11.1. The smallest absolute Gasteiger partial charge is 0.354 e. The molecule has 1 aliphatic rings. The van der Waals surface area contributed by atoms with Crippen LogP contribution in [-0.4, -0.2) is 37.7 Å². The van der Waals surface area contributed by atoms with Gasteiger partial charge in [0.15, 0.2) is 0 Å². The Kier molecular flexibility index (Phi) is 3.47. The van der Waals surface area contributed by atoms with Crippen LogP contribution in [0.3, 0.4) is 0 Å². The fraction of sp³-hybridized carbons (Fsp3) is 0.357. The van der Waals surface area contributed by atoms with E-state index in [0.29, 0.717) is 6.54 Å². The first kappa shape index (κ1) is 12.8. The van der Waals surface area contributed by atoms with Crippen LogP contribution in [0.2, 0.25) is 0 Å². The first-order chi connectivity index (χ1) is 9.75. The average molecular weight is 272 g/mol. The predicted molar refractivity (Wildman–Crippen MR) is 72.2 cm³/mol. The highest BCUT2D eigenvalue weighted by Crippen LogP contribution is 2.32.